The molecule has 6 heteroatoms. The number of halogens is 1. The molecule has 3 rings (SSSR count). The minimum absolute atomic E-state index is 0.0849. The molecule has 1 amide bonds. The summed E-state index contributed by atoms with van der Waals surface area (Å²) in [5.74, 6) is 0.193. The highest BCUT2D eigenvalue weighted by atomic mass is 19.1. The number of hydrogen-bond acceptors (Lipinski definition) is 4. The first-order valence-electron chi connectivity index (χ1n) is 7.85. The van der Waals surface area contributed by atoms with E-state index in [0.717, 1.165) is 0 Å². The number of nitriles is 1. The van der Waals surface area contributed by atoms with Crippen LogP contribution in [0, 0.1) is 24.1 Å². The van der Waals surface area contributed by atoms with Gasteiger partial charge >= 0.3 is 0 Å². The van der Waals surface area contributed by atoms with Crippen molar-refractivity contribution < 1.29 is 18.3 Å². The van der Waals surface area contributed by atoms with Gasteiger partial charge in [-0.3, -0.25) is 4.79 Å². The summed E-state index contributed by atoms with van der Waals surface area (Å²) in [6.07, 6.45) is 0. The molecule has 1 aromatic heterocycles. The standard InChI is InChI=1S/C20H15FN2O3/c1-13-10-15(21)6-8-17(13)23-20(24)19-9-7-16(26-19)12-25-18-5-3-2-4-14(18)11-22/h2-10H,12H2,1H3,(H,23,24). The summed E-state index contributed by atoms with van der Waals surface area (Å²) in [5.41, 5.74) is 1.54. The molecule has 0 fully saturated rings. The molecule has 130 valence electrons. The van der Waals surface area contributed by atoms with E-state index in [1.165, 1.54) is 24.3 Å². The Morgan fingerprint density at radius 3 is 2.81 bits per heavy atom. The van der Waals surface area contributed by atoms with Gasteiger partial charge in [-0.25, -0.2) is 4.39 Å². The lowest BCUT2D eigenvalue weighted by molar-refractivity contribution is 0.0992. The van der Waals surface area contributed by atoms with Crippen molar-refractivity contribution in [3.63, 3.8) is 0 Å². The third-order valence-corrected chi connectivity index (χ3v) is 3.70. The number of nitrogens with one attached hydrogen (secondary N) is 1. The number of nitrogens with zero attached hydrogens (tertiary/aromatic N) is 1. The average Bonchev–Trinajstić information content (AvgIpc) is 3.11. The summed E-state index contributed by atoms with van der Waals surface area (Å²) in [7, 11) is 0. The fraction of sp³-hybridized carbons (Fsp3) is 0.100. The summed E-state index contributed by atoms with van der Waals surface area (Å²) in [6, 6.07) is 16.2. The number of amides is 1. The Bertz CT molecular complexity index is 989. The van der Waals surface area contributed by atoms with Crippen LogP contribution in [0.15, 0.2) is 59.0 Å². The van der Waals surface area contributed by atoms with Gasteiger partial charge in [-0.05, 0) is 55.0 Å². The van der Waals surface area contributed by atoms with Crippen molar-refractivity contribution >= 4 is 11.6 Å². The Hall–Kier alpha value is -3.59. The van der Waals surface area contributed by atoms with Crippen LogP contribution in [0.3, 0.4) is 0 Å². The van der Waals surface area contributed by atoms with Gasteiger partial charge in [0.1, 0.15) is 30.0 Å². The van der Waals surface area contributed by atoms with Gasteiger partial charge in [0.05, 0.1) is 5.56 Å². The van der Waals surface area contributed by atoms with Crippen molar-refractivity contribution in [3.05, 3.63) is 83.1 Å². The van der Waals surface area contributed by atoms with E-state index < -0.39 is 5.91 Å². The fourth-order valence-electron chi connectivity index (χ4n) is 2.36. The zero-order valence-corrected chi connectivity index (χ0v) is 14.0. The van der Waals surface area contributed by atoms with Gasteiger partial charge in [0.25, 0.3) is 5.91 Å². The predicted octanol–water partition coefficient (Wildman–Crippen LogP) is 4.43. The van der Waals surface area contributed by atoms with E-state index in [0.29, 0.717) is 28.3 Å². The number of carbonyl (C=O) groups is 1. The summed E-state index contributed by atoms with van der Waals surface area (Å²) in [5, 5.41) is 11.7. The Morgan fingerprint density at radius 2 is 2.04 bits per heavy atom. The molecule has 3 aromatic rings. The molecular formula is C20H15FN2O3. The van der Waals surface area contributed by atoms with Crippen LogP contribution in [0.25, 0.3) is 0 Å². The number of carbonyl (C=O) groups excluding carboxylic acids is 1. The lowest BCUT2D eigenvalue weighted by Gasteiger charge is -2.07. The molecule has 0 bridgehead atoms. The number of benzene rings is 2. The van der Waals surface area contributed by atoms with Crippen molar-refractivity contribution in [1.82, 2.24) is 0 Å². The molecule has 1 N–H and O–H groups in total. The second-order valence-corrected chi connectivity index (χ2v) is 5.58. The molecule has 0 radical (unpaired) electrons. The first-order valence-corrected chi connectivity index (χ1v) is 7.85. The van der Waals surface area contributed by atoms with Crippen LogP contribution in [-0.2, 0) is 6.61 Å². The van der Waals surface area contributed by atoms with Crippen LogP contribution in [0.1, 0.15) is 27.4 Å². The molecule has 0 spiro atoms. The molecule has 5 nitrogen and oxygen atoms in total. The second kappa shape index (κ2) is 7.53. The Morgan fingerprint density at radius 1 is 1.23 bits per heavy atom. The minimum Gasteiger partial charge on any atom is -0.484 e. The summed E-state index contributed by atoms with van der Waals surface area (Å²) in [4.78, 5) is 12.3. The molecule has 26 heavy (non-hydrogen) atoms. The minimum atomic E-state index is -0.441. The smallest absolute Gasteiger partial charge is 0.291 e. The maximum absolute atomic E-state index is 13.1. The van der Waals surface area contributed by atoms with Crippen LogP contribution in [-0.4, -0.2) is 5.91 Å². The lowest BCUT2D eigenvalue weighted by atomic mass is 10.2. The molecule has 0 atom stereocenters. The first-order chi connectivity index (χ1) is 12.6. The molecule has 0 aliphatic carbocycles. The van der Waals surface area contributed by atoms with Gasteiger partial charge < -0.3 is 14.5 Å². The Balaban J connectivity index is 1.65. The molecule has 1 heterocycles. The van der Waals surface area contributed by atoms with Crippen molar-refractivity contribution in [2.24, 2.45) is 0 Å². The largest absolute Gasteiger partial charge is 0.484 e. The van der Waals surface area contributed by atoms with Gasteiger partial charge in [0, 0.05) is 5.69 Å². The van der Waals surface area contributed by atoms with Crippen molar-refractivity contribution in [1.29, 1.82) is 5.26 Å². The number of ether oxygens (including phenoxy) is 1. The third-order valence-electron chi connectivity index (χ3n) is 3.70. The van der Waals surface area contributed by atoms with E-state index in [1.807, 2.05) is 6.07 Å². The van der Waals surface area contributed by atoms with E-state index >= 15 is 0 Å². The summed E-state index contributed by atoms with van der Waals surface area (Å²) in [6.45, 7) is 1.79. The van der Waals surface area contributed by atoms with Crippen LogP contribution >= 0.6 is 0 Å². The summed E-state index contributed by atoms with van der Waals surface area (Å²) >= 11 is 0. The molecule has 0 aliphatic rings. The molecule has 0 unspecified atom stereocenters. The topological polar surface area (TPSA) is 75.3 Å². The van der Waals surface area contributed by atoms with Gasteiger partial charge in [0.15, 0.2) is 5.76 Å². The maximum Gasteiger partial charge on any atom is 0.291 e. The Labute approximate surface area is 149 Å². The highest BCUT2D eigenvalue weighted by Crippen LogP contribution is 2.20. The lowest BCUT2D eigenvalue weighted by Crippen LogP contribution is -2.12. The number of anilines is 1. The van der Waals surface area contributed by atoms with Crippen molar-refractivity contribution in [2.75, 3.05) is 5.32 Å². The fourth-order valence-corrected chi connectivity index (χ4v) is 2.36. The monoisotopic (exact) mass is 350 g/mol. The van der Waals surface area contributed by atoms with Crippen molar-refractivity contribution in [3.8, 4) is 11.8 Å². The van der Waals surface area contributed by atoms with E-state index in [-0.39, 0.29) is 18.2 Å². The quantitative estimate of drug-likeness (QED) is 0.738. The van der Waals surface area contributed by atoms with Gasteiger partial charge in [-0.2, -0.15) is 5.26 Å². The van der Waals surface area contributed by atoms with Gasteiger partial charge in [-0.15, -0.1) is 0 Å². The zero-order chi connectivity index (χ0) is 18.5. The molecule has 0 aliphatic heterocycles. The van der Waals surface area contributed by atoms with E-state index in [9.17, 15) is 9.18 Å². The molecule has 0 saturated carbocycles. The number of rotatable bonds is 5. The summed E-state index contributed by atoms with van der Waals surface area (Å²) < 4.78 is 24.2. The van der Waals surface area contributed by atoms with Crippen molar-refractivity contribution in [2.45, 2.75) is 13.5 Å². The number of aryl methyl sites for hydroxylation is 1. The molecule has 2 aromatic carbocycles. The third kappa shape index (κ3) is 3.90. The van der Waals surface area contributed by atoms with Crippen LogP contribution in [0.5, 0.6) is 5.75 Å². The maximum atomic E-state index is 13.1. The average molecular weight is 350 g/mol. The molecule has 0 saturated heterocycles. The number of para-hydroxylation sites is 1. The number of furan rings is 1. The highest BCUT2D eigenvalue weighted by Gasteiger charge is 2.13. The van der Waals surface area contributed by atoms with Crippen LogP contribution in [0.2, 0.25) is 0 Å². The Kier molecular flexibility index (Phi) is 4.99. The van der Waals surface area contributed by atoms with Crippen LogP contribution in [0.4, 0.5) is 10.1 Å². The predicted molar refractivity (Wildman–Crippen MR) is 93.3 cm³/mol. The number of hydrogen-bond donors (Lipinski definition) is 1. The first kappa shape index (κ1) is 17.2. The van der Waals surface area contributed by atoms with E-state index in [2.05, 4.69) is 5.32 Å². The SMILES string of the molecule is Cc1cc(F)ccc1NC(=O)c1ccc(COc2ccccc2C#N)o1. The zero-order valence-electron chi connectivity index (χ0n) is 14.0. The van der Waals surface area contributed by atoms with E-state index in [1.54, 1.807) is 37.3 Å². The second-order valence-electron chi connectivity index (χ2n) is 5.58. The van der Waals surface area contributed by atoms with E-state index in [4.69, 9.17) is 14.4 Å². The van der Waals surface area contributed by atoms with Gasteiger partial charge in [0.2, 0.25) is 0 Å². The normalized spacial score (nSPS) is 10.2. The molecular weight excluding hydrogens is 335 g/mol. The highest BCUT2D eigenvalue weighted by molar-refractivity contribution is 6.02. The van der Waals surface area contributed by atoms with Crippen LogP contribution < -0.4 is 10.1 Å². The van der Waals surface area contributed by atoms with Gasteiger partial charge in [-0.1, -0.05) is 12.1 Å².